The van der Waals surface area contributed by atoms with Crippen LogP contribution in [0.5, 0.6) is 0 Å². The van der Waals surface area contributed by atoms with Crippen LogP contribution in [0.1, 0.15) is 17.9 Å². The van der Waals surface area contributed by atoms with Crippen LogP contribution in [0.15, 0.2) is 22.7 Å². The van der Waals surface area contributed by atoms with E-state index in [9.17, 15) is 4.39 Å². The van der Waals surface area contributed by atoms with Gasteiger partial charge in [0.15, 0.2) is 0 Å². The number of halogens is 2. The molecule has 70 valence electrons. The summed E-state index contributed by atoms with van der Waals surface area (Å²) >= 11 is 3.13. The molecule has 1 aliphatic rings. The minimum atomic E-state index is -0.180. The van der Waals surface area contributed by atoms with Crippen molar-refractivity contribution in [2.75, 3.05) is 6.54 Å². The number of rotatable bonds is 2. The van der Waals surface area contributed by atoms with Gasteiger partial charge in [0.25, 0.3) is 0 Å². The third-order valence-corrected chi connectivity index (χ3v) is 3.24. The Morgan fingerprint density at radius 1 is 1.54 bits per heavy atom. The lowest BCUT2D eigenvalue weighted by molar-refractivity contribution is 0.618. The fourth-order valence-electron chi connectivity index (χ4n) is 1.66. The average Bonchev–Trinajstić information content (AvgIpc) is 2.88. The van der Waals surface area contributed by atoms with E-state index in [0.717, 1.165) is 12.0 Å². The molecule has 0 saturated heterocycles. The fourth-order valence-corrected chi connectivity index (χ4v) is 1.91. The first kappa shape index (κ1) is 9.16. The van der Waals surface area contributed by atoms with Crippen molar-refractivity contribution in [3.05, 3.63) is 34.1 Å². The Bertz CT molecular complexity index is 327. The molecular formula is C10H11BrFN. The van der Waals surface area contributed by atoms with Crippen LogP contribution in [0.4, 0.5) is 4.39 Å². The molecule has 0 radical (unpaired) electrons. The third kappa shape index (κ3) is 1.76. The highest BCUT2D eigenvalue weighted by molar-refractivity contribution is 9.10. The van der Waals surface area contributed by atoms with Crippen LogP contribution in [0.2, 0.25) is 0 Å². The number of nitrogens with two attached hydrogens (primary N) is 1. The van der Waals surface area contributed by atoms with E-state index < -0.39 is 0 Å². The van der Waals surface area contributed by atoms with Gasteiger partial charge >= 0.3 is 0 Å². The summed E-state index contributed by atoms with van der Waals surface area (Å²) < 4.78 is 13.6. The summed E-state index contributed by atoms with van der Waals surface area (Å²) in [5, 5.41) is 0. The molecule has 0 aliphatic heterocycles. The summed E-state index contributed by atoms with van der Waals surface area (Å²) in [4.78, 5) is 0. The van der Waals surface area contributed by atoms with Gasteiger partial charge in [-0.2, -0.15) is 0 Å². The van der Waals surface area contributed by atoms with Crippen molar-refractivity contribution in [2.24, 2.45) is 11.7 Å². The highest BCUT2D eigenvalue weighted by Crippen LogP contribution is 2.46. The molecule has 1 fully saturated rings. The molecular weight excluding hydrogens is 233 g/mol. The van der Waals surface area contributed by atoms with E-state index in [0.29, 0.717) is 22.9 Å². The average molecular weight is 244 g/mol. The van der Waals surface area contributed by atoms with Crippen molar-refractivity contribution < 1.29 is 4.39 Å². The lowest BCUT2D eigenvalue weighted by Crippen LogP contribution is -2.02. The predicted molar refractivity (Wildman–Crippen MR) is 54.0 cm³/mol. The van der Waals surface area contributed by atoms with Gasteiger partial charge in [-0.25, -0.2) is 4.39 Å². The van der Waals surface area contributed by atoms with E-state index in [1.807, 2.05) is 6.07 Å². The van der Waals surface area contributed by atoms with Gasteiger partial charge in [-0.05, 0) is 58.4 Å². The Balaban J connectivity index is 2.19. The third-order valence-electron chi connectivity index (χ3n) is 2.60. The minimum Gasteiger partial charge on any atom is -0.330 e. The largest absolute Gasteiger partial charge is 0.330 e. The zero-order chi connectivity index (χ0) is 9.42. The summed E-state index contributed by atoms with van der Waals surface area (Å²) in [5.41, 5.74) is 6.61. The van der Waals surface area contributed by atoms with E-state index in [2.05, 4.69) is 15.9 Å². The summed E-state index contributed by atoms with van der Waals surface area (Å²) in [6.45, 7) is 0.711. The molecule has 2 rings (SSSR count). The predicted octanol–water partition coefficient (Wildman–Crippen LogP) is 2.65. The van der Waals surface area contributed by atoms with Gasteiger partial charge in [-0.3, -0.25) is 0 Å². The second-order valence-electron chi connectivity index (χ2n) is 3.51. The van der Waals surface area contributed by atoms with Gasteiger partial charge in [0.05, 0.1) is 4.47 Å². The van der Waals surface area contributed by atoms with Gasteiger partial charge in [-0.1, -0.05) is 6.07 Å². The lowest BCUT2D eigenvalue weighted by Gasteiger charge is -2.00. The minimum absolute atomic E-state index is 0.180. The van der Waals surface area contributed by atoms with Crippen molar-refractivity contribution in [1.82, 2.24) is 0 Å². The van der Waals surface area contributed by atoms with Gasteiger partial charge in [0.1, 0.15) is 5.82 Å². The van der Waals surface area contributed by atoms with Gasteiger partial charge in [0.2, 0.25) is 0 Å². The van der Waals surface area contributed by atoms with E-state index in [4.69, 9.17) is 5.73 Å². The maximum atomic E-state index is 13.1. The van der Waals surface area contributed by atoms with Crippen LogP contribution in [0.25, 0.3) is 0 Å². The van der Waals surface area contributed by atoms with Crippen molar-refractivity contribution in [2.45, 2.75) is 12.3 Å². The topological polar surface area (TPSA) is 26.0 Å². The first-order valence-corrected chi connectivity index (χ1v) is 5.16. The standard InChI is InChI=1S/C10H11BrFN/c11-9-2-1-6(4-10(9)12)8-3-7(8)5-13/h1-2,4,7-8H,3,5,13H2/t7-,8-/m0/s1. The molecule has 1 saturated carbocycles. The normalized spacial score (nSPS) is 26.1. The zero-order valence-electron chi connectivity index (χ0n) is 7.13. The Kier molecular flexibility index (Phi) is 2.39. The fraction of sp³-hybridized carbons (Fsp3) is 0.400. The Morgan fingerprint density at radius 2 is 2.31 bits per heavy atom. The molecule has 13 heavy (non-hydrogen) atoms. The zero-order valence-corrected chi connectivity index (χ0v) is 8.72. The van der Waals surface area contributed by atoms with Crippen LogP contribution >= 0.6 is 15.9 Å². The molecule has 1 aromatic carbocycles. The molecule has 1 aromatic rings. The van der Waals surface area contributed by atoms with Crippen LogP contribution in [0, 0.1) is 11.7 Å². The second-order valence-corrected chi connectivity index (χ2v) is 4.37. The van der Waals surface area contributed by atoms with Crippen LogP contribution in [-0.2, 0) is 0 Å². The second kappa shape index (κ2) is 3.39. The maximum Gasteiger partial charge on any atom is 0.137 e. The first-order chi connectivity index (χ1) is 6.22. The molecule has 0 spiro atoms. The van der Waals surface area contributed by atoms with E-state index >= 15 is 0 Å². The van der Waals surface area contributed by atoms with Crippen molar-refractivity contribution in [3.63, 3.8) is 0 Å². The quantitative estimate of drug-likeness (QED) is 0.850. The Hall–Kier alpha value is -0.410. The van der Waals surface area contributed by atoms with Crippen molar-refractivity contribution in [1.29, 1.82) is 0 Å². The molecule has 1 aliphatic carbocycles. The molecule has 0 aromatic heterocycles. The summed E-state index contributed by atoms with van der Waals surface area (Å²) in [6, 6.07) is 5.33. The highest BCUT2D eigenvalue weighted by atomic mass is 79.9. The number of hydrogen-bond acceptors (Lipinski definition) is 1. The number of benzene rings is 1. The smallest absolute Gasteiger partial charge is 0.137 e. The molecule has 3 heteroatoms. The van der Waals surface area contributed by atoms with Crippen LogP contribution in [0.3, 0.4) is 0 Å². The molecule has 0 bridgehead atoms. The molecule has 0 heterocycles. The summed E-state index contributed by atoms with van der Waals surface area (Å²) in [5.74, 6) is 0.883. The van der Waals surface area contributed by atoms with E-state index in [-0.39, 0.29) is 5.82 Å². The van der Waals surface area contributed by atoms with Gasteiger partial charge < -0.3 is 5.73 Å². The lowest BCUT2D eigenvalue weighted by atomic mass is 10.1. The molecule has 0 unspecified atom stereocenters. The van der Waals surface area contributed by atoms with Crippen LogP contribution < -0.4 is 5.73 Å². The summed E-state index contributed by atoms with van der Waals surface area (Å²) in [7, 11) is 0. The SMILES string of the molecule is NC[C@@H]1C[C@H]1c1ccc(Br)c(F)c1. The summed E-state index contributed by atoms with van der Waals surface area (Å²) in [6.07, 6.45) is 1.11. The van der Waals surface area contributed by atoms with E-state index in [1.54, 1.807) is 12.1 Å². The molecule has 2 N–H and O–H groups in total. The molecule has 2 atom stereocenters. The Morgan fingerprint density at radius 3 is 2.85 bits per heavy atom. The van der Waals surface area contributed by atoms with E-state index in [1.165, 1.54) is 0 Å². The monoisotopic (exact) mass is 243 g/mol. The van der Waals surface area contributed by atoms with Crippen LogP contribution in [-0.4, -0.2) is 6.54 Å². The van der Waals surface area contributed by atoms with Gasteiger partial charge in [-0.15, -0.1) is 0 Å². The molecule has 0 amide bonds. The Labute approximate surface area is 85.3 Å². The van der Waals surface area contributed by atoms with Gasteiger partial charge in [0, 0.05) is 0 Å². The van der Waals surface area contributed by atoms with Crippen molar-refractivity contribution in [3.8, 4) is 0 Å². The highest BCUT2D eigenvalue weighted by Gasteiger charge is 2.36. The molecule has 1 nitrogen and oxygen atoms in total. The van der Waals surface area contributed by atoms with Crippen molar-refractivity contribution >= 4 is 15.9 Å². The number of hydrogen-bond donors (Lipinski definition) is 1. The maximum absolute atomic E-state index is 13.1. The first-order valence-electron chi connectivity index (χ1n) is 4.37.